The van der Waals surface area contributed by atoms with Crippen molar-refractivity contribution in [1.82, 2.24) is 5.32 Å². The molecule has 0 aromatic heterocycles. The van der Waals surface area contributed by atoms with Gasteiger partial charge in [-0.15, -0.1) is 0 Å². The van der Waals surface area contributed by atoms with Gasteiger partial charge >= 0.3 is 0 Å². The second kappa shape index (κ2) is 8.31. The van der Waals surface area contributed by atoms with Crippen molar-refractivity contribution in [1.29, 1.82) is 0 Å². The molecule has 1 N–H and O–H groups in total. The smallest absolute Gasteiger partial charge is 0.126 e. The molecule has 2 unspecified atom stereocenters. The van der Waals surface area contributed by atoms with Gasteiger partial charge in [0.15, 0.2) is 0 Å². The van der Waals surface area contributed by atoms with Gasteiger partial charge in [0.25, 0.3) is 0 Å². The molecule has 19 heavy (non-hydrogen) atoms. The first-order chi connectivity index (χ1) is 8.99. The number of hydrogen-bond acceptors (Lipinski definition) is 1. The van der Waals surface area contributed by atoms with Crippen LogP contribution in [0.25, 0.3) is 0 Å². The summed E-state index contributed by atoms with van der Waals surface area (Å²) in [6.07, 6.45) is 4.49. The third-order valence-corrected chi connectivity index (χ3v) is 3.47. The summed E-state index contributed by atoms with van der Waals surface area (Å²) < 4.78 is 13.6. The van der Waals surface area contributed by atoms with E-state index in [0.29, 0.717) is 12.1 Å². The maximum atomic E-state index is 13.6. The first kappa shape index (κ1) is 16.2. The number of rotatable bonds is 8. The van der Waals surface area contributed by atoms with Crippen LogP contribution in [0.4, 0.5) is 4.39 Å². The molecule has 0 aliphatic rings. The summed E-state index contributed by atoms with van der Waals surface area (Å²) in [7, 11) is 0. The first-order valence-electron chi connectivity index (χ1n) is 7.48. The maximum Gasteiger partial charge on any atom is 0.126 e. The number of nitrogens with one attached hydrogen (secondary N) is 1. The Labute approximate surface area is 117 Å². The van der Waals surface area contributed by atoms with Crippen LogP contribution in [-0.4, -0.2) is 12.1 Å². The van der Waals surface area contributed by atoms with Crippen molar-refractivity contribution < 1.29 is 4.39 Å². The molecule has 0 saturated heterocycles. The topological polar surface area (TPSA) is 12.0 Å². The largest absolute Gasteiger partial charge is 0.311 e. The minimum atomic E-state index is -0.0939. The summed E-state index contributed by atoms with van der Waals surface area (Å²) in [6.45, 7) is 8.88. The minimum Gasteiger partial charge on any atom is -0.311 e. The number of halogens is 1. The molecule has 1 nitrogen and oxygen atoms in total. The summed E-state index contributed by atoms with van der Waals surface area (Å²) in [6, 6.07) is 7.86. The SMILES string of the molecule is CC(C)CCCC(C)NC(C)Cc1ccccc1F. The van der Waals surface area contributed by atoms with Gasteiger partial charge in [-0.3, -0.25) is 0 Å². The standard InChI is InChI=1S/C17H28FN/c1-13(2)8-7-9-14(3)19-15(4)12-16-10-5-6-11-17(16)18/h5-6,10-11,13-15,19H,7-9,12H2,1-4H3. The highest BCUT2D eigenvalue weighted by atomic mass is 19.1. The molecule has 0 aliphatic heterocycles. The van der Waals surface area contributed by atoms with E-state index in [0.717, 1.165) is 17.9 Å². The number of benzene rings is 1. The highest BCUT2D eigenvalue weighted by Crippen LogP contribution is 2.11. The summed E-state index contributed by atoms with van der Waals surface area (Å²) in [5.74, 6) is 0.687. The summed E-state index contributed by atoms with van der Waals surface area (Å²) in [5.41, 5.74) is 0.803. The van der Waals surface area contributed by atoms with Crippen molar-refractivity contribution in [3.05, 3.63) is 35.6 Å². The Morgan fingerprint density at radius 2 is 1.68 bits per heavy atom. The molecule has 1 aromatic carbocycles. The van der Waals surface area contributed by atoms with Crippen molar-refractivity contribution in [3.8, 4) is 0 Å². The molecule has 2 heteroatoms. The third-order valence-electron chi connectivity index (χ3n) is 3.47. The Morgan fingerprint density at radius 1 is 1.00 bits per heavy atom. The fourth-order valence-electron chi connectivity index (χ4n) is 2.45. The van der Waals surface area contributed by atoms with Crippen LogP contribution in [0.1, 0.15) is 52.5 Å². The highest BCUT2D eigenvalue weighted by Gasteiger charge is 2.10. The molecule has 1 aromatic rings. The lowest BCUT2D eigenvalue weighted by molar-refractivity contribution is 0.413. The van der Waals surface area contributed by atoms with E-state index in [4.69, 9.17) is 0 Å². The van der Waals surface area contributed by atoms with Crippen LogP contribution >= 0.6 is 0 Å². The Bertz CT molecular complexity index is 362. The molecule has 0 fully saturated rings. The zero-order chi connectivity index (χ0) is 14.3. The van der Waals surface area contributed by atoms with Crippen LogP contribution in [0, 0.1) is 11.7 Å². The molecule has 1 rings (SSSR count). The van der Waals surface area contributed by atoms with E-state index < -0.39 is 0 Å². The molecule has 2 atom stereocenters. The predicted molar refractivity (Wildman–Crippen MR) is 80.9 cm³/mol. The van der Waals surface area contributed by atoms with Crippen molar-refractivity contribution in [3.63, 3.8) is 0 Å². The van der Waals surface area contributed by atoms with Gasteiger partial charge < -0.3 is 5.32 Å². The predicted octanol–water partition coefficient (Wildman–Crippen LogP) is 4.56. The molecule has 0 heterocycles. The van der Waals surface area contributed by atoms with Crippen molar-refractivity contribution in [2.45, 2.75) is 65.5 Å². The lowest BCUT2D eigenvalue weighted by atomic mass is 10.0. The maximum absolute atomic E-state index is 13.6. The van der Waals surface area contributed by atoms with E-state index in [2.05, 4.69) is 33.0 Å². The van der Waals surface area contributed by atoms with E-state index in [1.807, 2.05) is 12.1 Å². The van der Waals surface area contributed by atoms with Crippen LogP contribution in [0.3, 0.4) is 0 Å². The van der Waals surface area contributed by atoms with Gasteiger partial charge in [0, 0.05) is 12.1 Å². The monoisotopic (exact) mass is 265 g/mol. The molecular weight excluding hydrogens is 237 g/mol. The second-order valence-corrected chi connectivity index (χ2v) is 6.09. The molecule has 0 amide bonds. The van der Waals surface area contributed by atoms with E-state index in [1.165, 1.54) is 25.3 Å². The van der Waals surface area contributed by atoms with Gasteiger partial charge in [0.1, 0.15) is 5.82 Å². The van der Waals surface area contributed by atoms with Gasteiger partial charge in [0.05, 0.1) is 0 Å². The van der Waals surface area contributed by atoms with Crippen LogP contribution in [0.2, 0.25) is 0 Å². The third kappa shape index (κ3) is 6.72. The van der Waals surface area contributed by atoms with Crippen LogP contribution in [0.15, 0.2) is 24.3 Å². The lowest BCUT2D eigenvalue weighted by Gasteiger charge is -2.20. The zero-order valence-corrected chi connectivity index (χ0v) is 12.7. The van der Waals surface area contributed by atoms with Crippen molar-refractivity contribution in [2.75, 3.05) is 0 Å². The van der Waals surface area contributed by atoms with E-state index in [1.54, 1.807) is 6.07 Å². The van der Waals surface area contributed by atoms with E-state index in [9.17, 15) is 4.39 Å². The Hall–Kier alpha value is -0.890. The van der Waals surface area contributed by atoms with Gasteiger partial charge in [-0.1, -0.05) is 44.9 Å². The molecule has 0 aliphatic carbocycles. The van der Waals surface area contributed by atoms with Gasteiger partial charge in [-0.2, -0.15) is 0 Å². The van der Waals surface area contributed by atoms with Crippen molar-refractivity contribution >= 4 is 0 Å². The summed E-state index contributed by atoms with van der Waals surface area (Å²) in [5, 5.41) is 3.56. The van der Waals surface area contributed by atoms with Crippen LogP contribution < -0.4 is 5.32 Å². The fourth-order valence-corrected chi connectivity index (χ4v) is 2.45. The molecule has 0 bridgehead atoms. The Morgan fingerprint density at radius 3 is 2.32 bits per heavy atom. The molecular formula is C17H28FN. The normalized spacial score (nSPS) is 14.6. The van der Waals surface area contributed by atoms with Gasteiger partial charge in [0.2, 0.25) is 0 Å². The molecule has 0 radical (unpaired) electrons. The Balaban J connectivity index is 2.30. The van der Waals surface area contributed by atoms with E-state index >= 15 is 0 Å². The van der Waals surface area contributed by atoms with Crippen LogP contribution in [0.5, 0.6) is 0 Å². The average Bonchev–Trinajstić information content (AvgIpc) is 2.31. The van der Waals surface area contributed by atoms with Gasteiger partial charge in [-0.25, -0.2) is 4.39 Å². The first-order valence-corrected chi connectivity index (χ1v) is 7.48. The highest BCUT2D eigenvalue weighted by molar-refractivity contribution is 5.18. The van der Waals surface area contributed by atoms with E-state index in [-0.39, 0.29) is 5.82 Å². The number of hydrogen-bond donors (Lipinski definition) is 1. The quantitative estimate of drug-likeness (QED) is 0.726. The van der Waals surface area contributed by atoms with Crippen LogP contribution in [-0.2, 0) is 6.42 Å². The van der Waals surface area contributed by atoms with Crippen molar-refractivity contribution in [2.24, 2.45) is 5.92 Å². The average molecular weight is 265 g/mol. The minimum absolute atomic E-state index is 0.0939. The fraction of sp³-hybridized carbons (Fsp3) is 0.647. The summed E-state index contributed by atoms with van der Waals surface area (Å²) >= 11 is 0. The molecule has 0 spiro atoms. The van der Waals surface area contributed by atoms with Gasteiger partial charge in [-0.05, 0) is 44.2 Å². The summed E-state index contributed by atoms with van der Waals surface area (Å²) in [4.78, 5) is 0. The zero-order valence-electron chi connectivity index (χ0n) is 12.7. The second-order valence-electron chi connectivity index (χ2n) is 6.09. The lowest BCUT2D eigenvalue weighted by Crippen LogP contribution is -2.36. The molecule has 0 saturated carbocycles. The Kier molecular flexibility index (Phi) is 7.07. The molecule has 108 valence electrons.